The molecule has 2 N–H and O–H groups in total. The summed E-state index contributed by atoms with van der Waals surface area (Å²) in [5.41, 5.74) is 2.37. The monoisotopic (exact) mass is 363 g/mol. The molecular formula is C21H21N3O3. The van der Waals surface area contributed by atoms with E-state index in [0.29, 0.717) is 30.8 Å². The number of fused-ring (bicyclic) bond motifs is 1. The molecule has 0 aromatic heterocycles. The first-order valence-corrected chi connectivity index (χ1v) is 9.09. The van der Waals surface area contributed by atoms with Crippen molar-refractivity contribution in [2.75, 3.05) is 22.1 Å². The van der Waals surface area contributed by atoms with E-state index in [0.717, 1.165) is 17.7 Å². The van der Waals surface area contributed by atoms with E-state index < -0.39 is 5.41 Å². The Labute approximate surface area is 157 Å². The Morgan fingerprint density at radius 3 is 2.19 bits per heavy atom. The van der Waals surface area contributed by atoms with Crippen LogP contribution >= 0.6 is 0 Å². The quantitative estimate of drug-likeness (QED) is 0.820. The molecule has 0 unspecified atom stereocenters. The minimum Gasteiger partial charge on any atom is -0.326 e. The van der Waals surface area contributed by atoms with Crippen molar-refractivity contribution in [2.45, 2.75) is 26.2 Å². The van der Waals surface area contributed by atoms with Gasteiger partial charge in [-0.3, -0.25) is 14.4 Å². The zero-order valence-electron chi connectivity index (χ0n) is 15.1. The highest BCUT2D eigenvalue weighted by Crippen LogP contribution is 2.49. The van der Waals surface area contributed by atoms with Crippen molar-refractivity contribution in [3.05, 3.63) is 54.1 Å². The van der Waals surface area contributed by atoms with Crippen molar-refractivity contribution in [1.82, 2.24) is 0 Å². The number of carbonyl (C=O) groups is 3. The van der Waals surface area contributed by atoms with Gasteiger partial charge in [-0.2, -0.15) is 0 Å². The van der Waals surface area contributed by atoms with E-state index in [-0.39, 0.29) is 17.7 Å². The van der Waals surface area contributed by atoms with Gasteiger partial charge in [0.15, 0.2) is 0 Å². The van der Waals surface area contributed by atoms with Crippen LogP contribution in [0.5, 0.6) is 0 Å². The van der Waals surface area contributed by atoms with Crippen LogP contribution in [0.4, 0.5) is 17.1 Å². The summed E-state index contributed by atoms with van der Waals surface area (Å²) < 4.78 is 0. The standard InChI is InChI=1S/C21H21N3O3/c1-14(25)22-16-6-8-17(9-7-16)23-19(26)21(11-12-21)20(27)24-13-10-15-4-2-3-5-18(15)24/h2-9H,10-13H2,1H3,(H,22,25)(H,23,26). The van der Waals surface area contributed by atoms with Crippen LogP contribution in [0.1, 0.15) is 25.3 Å². The molecule has 1 aliphatic heterocycles. The predicted octanol–water partition coefficient (Wildman–Crippen LogP) is 2.95. The molecule has 0 atom stereocenters. The molecule has 1 heterocycles. The summed E-state index contributed by atoms with van der Waals surface area (Å²) in [4.78, 5) is 38.8. The number of para-hydroxylation sites is 1. The van der Waals surface area contributed by atoms with Crippen molar-refractivity contribution >= 4 is 34.8 Å². The summed E-state index contributed by atoms with van der Waals surface area (Å²) in [7, 11) is 0. The van der Waals surface area contributed by atoms with Gasteiger partial charge in [0.25, 0.3) is 0 Å². The highest BCUT2D eigenvalue weighted by Gasteiger charge is 2.58. The Kier molecular flexibility index (Phi) is 4.18. The number of amides is 3. The van der Waals surface area contributed by atoms with Gasteiger partial charge >= 0.3 is 0 Å². The van der Waals surface area contributed by atoms with Gasteiger partial charge in [0.1, 0.15) is 5.41 Å². The van der Waals surface area contributed by atoms with Crippen LogP contribution in [0, 0.1) is 5.41 Å². The van der Waals surface area contributed by atoms with E-state index in [2.05, 4.69) is 10.6 Å². The van der Waals surface area contributed by atoms with E-state index in [1.165, 1.54) is 6.92 Å². The number of nitrogens with zero attached hydrogens (tertiary/aromatic N) is 1. The Balaban J connectivity index is 1.47. The fourth-order valence-electron chi connectivity index (χ4n) is 3.56. The van der Waals surface area contributed by atoms with Gasteiger partial charge in [-0.15, -0.1) is 0 Å². The normalized spacial score (nSPS) is 16.4. The van der Waals surface area contributed by atoms with Crippen molar-refractivity contribution in [1.29, 1.82) is 0 Å². The lowest BCUT2D eigenvalue weighted by Gasteiger charge is -2.23. The Morgan fingerprint density at radius 2 is 1.56 bits per heavy atom. The van der Waals surface area contributed by atoms with Crippen LogP contribution in [0.15, 0.2) is 48.5 Å². The largest absolute Gasteiger partial charge is 0.326 e. The van der Waals surface area contributed by atoms with Gasteiger partial charge in [-0.25, -0.2) is 0 Å². The first kappa shape index (κ1) is 17.3. The van der Waals surface area contributed by atoms with Gasteiger partial charge < -0.3 is 15.5 Å². The zero-order valence-corrected chi connectivity index (χ0v) is 15.1. The zero-order chi connectivity index (χ0) is 19.0. The number of hydrogen-bond acceptors (Lipinski definition) is 3. The van der Waals surface area contributed by atoms with Gasteiger partial charge in [0, 0.05) is 30.5 Å². The molecule has 1 aliphatic carbocycles. The van der Waals surface area contributed by atoms with Gasteiger partial charge in [0.2, 0.25) is 17.7 Å². The van der Waals surface area contributed by atoms with Crippen LogP contribution < -0.4 is 15.5 Å². The molecule has 1 saturated carbocycles. The SMILES string of the molecule is CC(=O)Nc1ccc(NC(=O)C2(C(=O)N3CCc4ccccc43)CC2)cc1. The highest BCUT2D eigenvalue weighted by molar-refractivity contribution is 6.18. The van der Waals surface area contributed by atoms with E-state index in [9.17, 15) is 14.4 Å². The maximum Gasteiger partial charge on any atom is 0.242 e. The van der Waals surface area contributed by atoms with Crippen molar-refractivity contribution in [3.8, 4) is 0 Å². The number of benzene rings is 2. The third kappa shape index (κ3) is 3.18. The molecule has 2 aromatic rings. The number of carbonyl (C=O) groups excluding carboxylic acids is 3. The molecule has 2 aliphatic rings. The number of hydrogen-bond donors (Lipinski definition) is 2. The molecular weight excluding hydrogens is 342 g/mol. The van der Waals surface area contributed by atoms with E-state index in [1.54, 1.807) is 29.2 Å². The van der Waals surface area contributed by atoms with Gasteiger partial charge in [-0.05, 0) is 55.2 Å². The molecule has 6 nitrogen and oxygen atoms in total. The summed E-state index contributed by atoms with van der Waals surface area (Å²) >= 11 is 0. The molecule has 2 aromatic carbocycles. The molecule has 6 heteroatoms. The van der Waals surface area contributed by atoms with Crippen molar-refractivity contribution in [3.63, 3.8) is 0 Å². The van der Waals surface area contributed by atoms with Crippen LogP contribution in [0.2, 0.25) is 0 Å². The topological polar surface area (TPSA) is 78.5 Å². The Hall–Kier alpha value is -3.15. The van der Waals surface area contributed by atoms with E-state index in [1.807, 2.05) is 24.3 Å². The second-order valence-corrected chi connectivity index (χ2v) is 7.13. The molecule has 1 fully saturated rings. The minimum absolute atomic E-state index is 0.111. The first-order chi connectivity index (χ1) is 13.0. The second-order valence-electron chi connectivity index (χ2n) is 7.13. The number of anilines is 3. The molecule has 138 valence electrons. The molecule has 0 bridgehead atoms. The third-order valence-electron chi connectivity index (χ3n) is 5.19. The van der Waals surface area contributed by atoms with Crippen molar-refractivity contribution < 1.29 is 14.4 Å². The maximum atomic E-state index is 13.1. The third-order valence-corrected chi connectivity index (χ3v) is 5.19. The highest BCUT2D eigenvalue weighted by atomic mass is 16.2. The van der Waals surface area contributed by atoms with Crippen LogP contribution in [0.25, 0.3) is 0 Å². The molecule has 4 rings (SSSR count). The minimum atomic E-state index is -0.965. The number of nitrogens with one attached hydrogen (secondary N) is 2. The van der Waals surface area contributed by atoms with Crippen LogP contribution in [-0.2, 0) is 20.8 Å². The van der Waals surface area contributed by atoms with Crippen LogP contribution in [0.3, 0.4) is 0 Å². The molecule has 27 heavy (non-hydrogen) atoms. The Morgan fingerprint density at radius 1 is 0.926 bits per heavy atom. The van der Waals surface area contributed by atoms with Crippen molar-refractivity contribution in [2.24, 2.45) is 5.41 Å². The first-order valence-electron chi connectivity index (χ1n) is 9.09. The fourth-order valence-corrected chi connectivity index (χ4v) is 3.56. The lowest BCUT2D eigenvalue weighted by Crippen LogP contribution is -2.42. The maximum absolute atomic E-state index is 13.1. The summed E-state index contributed by atoms with van der Waals surface area (Å²) in [5, 5.41) is 5.53. The second kappa shape index (κ2) is 6.54. The van der Waals surface area contributed by atoms with Crippen LogP contribution in [-0.4, -0.2) is 24.3 Å². The summed E-state index contributed by atoms with van der Waals surface area (Å²) in [6, 6.07) is 14.7. The predicted molar refractivity (Wildman–Crippen MR) is 104 cm³/mol. The molecule has 3 amide bonds. The summed E-state index contributed by atoms with van der Waals surface area (Å²) in [6.45, 7) is 2.06. The smallest absolute Gasteiger partial charge is 0.242 e. The molecule has 0 saturated heterocycles. The average Bonchev–Trinajstić information content (AvgIpc) is 3.36. The fraction of sp³-hybridized carbons (Fsp3) is 0.286. The number of rotatable bonds is 4. The summed E-state index contributed by atoms with van der Waals surface area (Å²) in [6.07, 6.45) is 1.96. The molecule has 0 radical (unpaired) electrons. The van der Waals surface area contributed by atoms with E-state index in [4.69, 9.17) is 0 Å². The average molecular weight is 363 g/mol. The van der Waals surface area contributed by atoms with Gasteiger partial charge in [0.05, 0.1) is 0 Å². The van der Waals surface area contributed by atoms with Gasteiger partial charge in [-0.1, -0.05) is 18.2 Å². The van der Waals surface area contributed by atoms with E-state index >= 15 is 0 Å². The summed E-state index contributed by atoms with van der Waals surface area (Å²) in [5.74, 6) is -0.524. The lowest BCUT2D eigenvalue weighted by atomic mass is 10.0. The molecule has 0 spiro atoms. The lowest BCUT2D eigenvalue weighted by molar-refractivity contribution is -0.132. The Bertz CT molecular complexity index is 917.